The number of ether oxygens (including phenoxy) is 1. The van der Waals surface area contributed by atoms with E-state index in [1.807, 2.05) is 0 Å². The van der Waals surface area contributed by atoms with Crippen molar-refractivity contribution >= 4 is 11.6 Å². The Morgan fingerprint density at radius 1 is 1.36 bits per heavy atom. The first-order chi connectivity index (χ1) is 6.42. The van der Waals surface area contributed by atoms with Crippen LogP contribution in [0.3, 0.4) is 0 Å². The van der Waals surface area contributed by atoms with E-state index in [4.69, 9.17) is 11.6 Å². The molecule has 1 rings (SSSR count). The summed E-state index contributed by atoms with van der Waals surface area (Å²) in [5.74, 6) is -0.245. The van der Waals surface area contributed by atoms with Gasteiger partial charge in [0.2, 0.25) is 0 Å². The van der Waals surface area contributed by atoms with Gasteiger partial charge in [-0.2, -0.15) is 0 Å². The van der Waals surface area contributed by atoms with Crippen LogP contribution in [0, 0.1) is 6.92 Å². The van der Waals surface area contributed by atoms with Crippen LogP contribution in [0.5, 0.6) is 5.75 Å². The monoisotopic (exact) mass is 224 g/mol. The highest BCUT2D eigenvalue weighted by Crippen LogP contribution is 2.28. The fourth-order valence-electron chi connectivity index (χ4n) is 1.04. The van der Waals surface area contributed by atoms with Gasteiger partial charge in [-0.15, -0.1) is 24.8 Å². The summed E-state index contributed by atoms with van der Waals surface area (Å²) in [5, 5.41) is 0. The summed E-state index contributed by atoms with van der Waals surface area (Å²) in [6.45, 7) is 1.77. The number of benzene rings is 1. The number of aryl methyl sites for hydroxylation is 1. The lowest BCUT2D eigenvalue weighted by Crippen LogP contribution is -2.18. The Kier molecular flexibility index (Phi) is 3.26. The minimum absolute atomic E-state index is 0.00685. The number of alkyl halides is 4. The molecule has 0 aromatic heterocycles. The quantitative estimate of drug-likeness (QED) is 0.697. The largest absolute Gasteiger partial charge is 0.573 e. The molecule has 0 spiro atoms. The summed E-state index contributed by atoms with van der Waals surface area (Å²) in [7, 11) is 0. The van der Waals surface area contributed by atoms with Crippen molar-refractivity contribution in [3.63, 3.8) is 0 Å². The Hall–Kier alpha value is -0.900. The van der Waals surface area contributed by atoms with Gasteiger partial charge in [0.25, 0.3) is 0 Å². The Bertz CT molecular complexity index is 322. The lowest BCUT2D eigenvalue weighted by molar-refractivity contribution is -0.274. The predicted molar refractivity (Wildman–Crippen MR) is 47.4 cm³/mol. The van der Waals surface area contributed by atoms with Crippen LogP contribution >= 0.6 is 11.6 Å². The minimum atomic E-state index is -4.67. The third-order valence-electron chi connectivity index (χ3n) is 1.59. The molecule has 0 bridgehead atoms. The van der Waals surface area contributed by atoms with Gasteiger partial charge in [0, 0.05) is 5.56 Å². The van der Waals surface area contributed by atoms with Crippen molar-refractivity contribution in [3.8, 4) is 5.75 Å². The van der Waals surface area contributed by atoms with E-state index in [0.29, 0.717) is 5.56 Å². The van der Waals surface area contributed by atoms with Gasteiger partial charge in [-0.25, -0.2) is 0 Å². The number of halogens is 4. The van der Waals surface area contributed by atoms with E-state index in [1.54, 1.807) is 13.0 Å². The van der Waals surface area contributed by atoms with Crippen LogP contribution in [-0.4, -0.2) is 6.36 Å². The van der Waals surface area contributed by atoms with Crippen LogP contribution in [0.2, 0.25) is 0 Å². The normalized spacial score (nSPS) is 11.5. The summed E-state index contributed by atoms with van der Waals surface area (Å²) >= 11 is 5.49. The molecule has 78 valence electrons. The van der Waals surface area contributed by atoms with Crippen LogP contribution in [0.15, 0.2) is 18.2 Å². The molecule has 1 aromatic carbocycles. The molecule has 0 saturated heterocycles. The van der Waals surface area contributed by atoms with Gasteiger partial charge in [0.15, 0.2) is 0 Å². The van der Waals surface area contributed by atoms with Crippen molar-refractivity contribution < 1.29 is 17.9 Å². The lowest BCUT2D eigenvalue weighted by Gasteiger charge is -2.12. The highest BCUT2D eigenvalue weighted by atomic mass is 35.5. The van der Waals surface area contributed by atoms with Gasteiger partial charge in [-0.3, -0.25) is 0 Å². The zero-order valence-electron chi connectivity index (χ0n) is 7.36. The summed E-state index contributed by atoms with van der Waals surface area (Å²) < 4.78 is 39.5. The molecule has 5 heteroatoms. The smallest absolute Gasteiger partial charge is 0.405 e. The number of rotatable bonds is 2. The van der Waals surface area contributed by atoms with Crippen LogP contribution < -0.4 is 4.74 Å². The molecule has 0 saturated carbocycles. The molecule has 0 atom stereocenters. The molecule has 0 fully saturated rings. The second kappa shape index (κ2) is 4.09. The molecule has 0 aliphatic rings. The van der Waals surface area contributed by atoms with E-state index in [2.05, 4.69) is 4.74 Å². The van der Waals surface area contributed by atoms with Crippen molar-refractivity contribution in [2.75, 3.05) is 0 Å². The second-order valence-electron chi connectivity index (χ2n) is 2.79. The van der Waals surface area contributed by atoms with Crippen molar-refractivity contribution in [2.24, 2.45) is 0 Å². The SMILES string of the molecule is Cc1ccc(OC(F)(F)F)c(CCl)c1. The van der Waals surface area contributed by atoms with E-state index >= 15 is 0 Å². The Labute approximate surface area is 84.4 Å². The third-order valence-corrected chi connectivity index (χ3v) is 1.87. The molecule has 0 aliphatic heterocycles. The van der Waals surface area contributed by atoms with Gasteiger partial charge < -0.3 is 4.74 Å². The lowest BCUT2D eigenvalue weighted by atomic mass is 10.1. The third kappa shape index (κ3) is 3.10. The first kappa shape index (κ1) is 11.2. The van der Waals surface area contributed by atoms with Gasteiger partial charge in [-0.05, 0) is 13.0 Å². The van der Waals surface area contributed by atoms with E-state index in [0.717, 1.165) is 5.56 Å². The topological polar surface area (TPSA) is 9.23 Å². The Balaban J connectivity index is 2.97. The molecule has 1 nitrogen and oxygen atoms in total. The summed E-state index contributed by atoms with van der Waals surface area (Å²) in [4.78, 5) is 0. The predicted octanol–water partition coefficient (Wildman–Crippen LogP) is 3.63. The number of hydrogen-bond acceptors (Lipinski definition) is 1. The van der Waals surface area contributed by atoms with E-state index in [1.165, 1.54) is 12.1 Å². The van der Waals surface area contributed by atoms with Crippen molar-refractivity contribution in [3.05, 3.63) is 29.3 Å². The fourth-order valence-corrected chi connectivity index (χ4v) is 1.25. The summed E-state index contributed by atoms with van der Waals surface area (Å²) in [6.07, 6.45) is -4.67. The van der Waals surface area contributed by atoms with Crippen LogP contribution in [0.1, 0.15) is 11.1 Å². The van der Waals surface area contributed by atoms with Crippen molar-refractivity contribution in [1.82, 2.24) is 0 Å². The number of hydrogen-bond donors (Lipinski definition) is 0. The van der Waals surface area contributed by atoms with Crippen LogP contribution in [0.4, 0.5) is 13.2 Å². The minimum Gasteiger partial charge on any atom is -0.405 e. The average Bonchev–Trinajstić information content (AvgIpc) is 2.06. The standard InChI is InChI=1S/C9H8ClF3O/c1-6-2-3-8(7(4-6)5-10)14-9(11,12)13/h2-4H,5H2,1H3. The van der Waals surface area contributed by atoms with Gasteiger partial charge in [-0.1, -0.05) is 17.7 Å². The molecular weight excluding hydrogens is 217 g/mol. The highest BCUT2D eigenvalue weighted by molar-refractivity contribution is 6.17. The molecule has 0 aliphatic carbocycles. The van der Waals surface area contributed by atoms with Crippen molar-refractivity contribution in [2.45, 2.75) is 19.2 Å². The van der Waals surface area contributed by atoms with E-state index in [-0.39, 0.29) is 11.6 Å². The Morgan fingerprint density at radius 3 is 2.50 bits per heavy atom. The molecule has 0 amide bonds. The maximum absolute atomic E-state index is 11.9. The fraction of sp³-hybridized carbons (Fsp3) is 0.333. The molecule has 0 radical (unpaired) electrons. The van der Waals surface area contributed by atoms with Gasteiger partial charge >= 0.3 is 6.36 Å². The molecule has 1 aromatic rings. The van der Waals surface area contributed by atoms with E-state index in [9.17, 15) is 13.2 Å². The highest BCUT2D eigenvalue weighted by Gasteiger charge is 2.31. The molecule has 0 heterocycles. The average molecular weight is 225 g/mol. The first-order valence-corrected chi connectivity index (χ1v) is 4.37. The summed E-state index contributed by atoms with van der Waals surface area (Å²) in [5.41, 5.74) is 1.18. The van der Waals surface area contributed by atoms with E-state index < -0.39 is 6.36 Å². The molecular formula is C9H8ClF3O. The maximum Gasteiger partial charge on any atom is 0.573 e. The van der Waals surface area contributed by atoms with Crippen LogP contribution in [-0.2, 0) is 5.88 Å². The molecule has 0 N–H and O–H groups in total. The first-order valence-electron chi connectivity index (χ1n) is 3.83. The molecule has 0 unspecified atom stereocenters. The zero-order chi connectivity index (χ0) is 10.8. The van der Waals surface area contributed by atoms with Gasteiger partial charge in [0.1, 0.15) is 5.75 Å². The Morgan fingerprint density at radius 2 is 2.00 bits per heavy atom. The second-order valence-corrected chi connectivity index (χ2v) is 3.06. The van der Waals surface area contributed by atoms with Crippen molar-refractivity contribution in [1.29, 1.82) is 0 Å². The summed E-state index contributed by atoms with van der Waals surface area (Å²) in [6, 6.07) is 4.37. The van der Waals surface area contributed by atoms with Gasteiger partial charge in [0.05, 0.1) is 5.88 Å². The maximum atomic E-state index is 11.9. The molecule has 14 heavy (non-hydrogen) atoms. The van der Waals surface area contributed by atoms with Crippen LogP contribution in [0.25, 0.3) is 0 Å². The zero-order valence-corrected chi connectivity index (χ0v) is 8.12.